The minimum atomic E-state index is 0.723. The predicted octanol–water partition coefficient (Wildman–Crippen LogP) is 2.20. The van der Waals surface area contributed by atoms with Gasteiger partial charge in [0.05, 0.1) is 16.4 Å². The van der Waals surface area contributed by atoms with Crippen LogP contribution in [-0.4, -0.2) is 47.6 Å². The van der Waals surface area contributed by atoms with Crippen molar-refractivity contribution in [3.63, 3.8) is 0 Å². The fraction of sp³-hybridized carbons (Fsp3) is 0.583. The van der Waals surface area contributed by atoms with E-state index in [0.29, 0.717) is 0 Å². The third-order valence-corrected chi connectivity index (χ3v) is 5.04. The summed E-state index contributed by atoms with van der Waals surface area (Å²) < 4.78 is 0.969. The number of rotatable bonds is 4. The second kappa shape index (κ2) is 6.63. The quantitative estimate of drug-likeness (QED) is 0.886. The fourth-order valence-electron chi connectivity index (χ4n) is 1.87. The predicted molar refractivity (Wildman–Crippen MR) is 83.3 cm³/mol. The Morgan fingerprint density at radius 1 is 1.50 bits per heavy atom. The summed E-state index contributed by atoms with van der Waals surface area (Å²) in [6, 6.07) is 0. The number of hydrogen-bond acceptors (Lipinski definition) is 5. The maximum atomic E-state index is 5.80. The zero-order chi connectivity index (χ0) is 13.0. The van der Waals surface area contributed by atoms with E-state index in [1.807, 2.05) is 18.7 Å². The topological polar surface area (TPSA) is 54.2 Å². The summed E-state index contributed by atoms with van der Waals surface area (Å²) in [5, 5.41) is 3.37. The molecule has 0 aliphatic carbocycles. The van der Waals surface area contributed by atoms with Gasteiger partial charge in [0.15, 0.2) is 0 Å². The van der Waals surface area contributed by atoms with Gasteiger partial charge in [-0.05, 0) is 28.4 Å². The number of pyridine rings is 1. The number of hydrogen-bond donors (Lipinski definition) is 2. The van der Waals surface area contributed by atoms with Crippen molar-refractivity contribution in [3.8, 4) is 0 Å². The van der Waals surface area contributed by atoms with Crippen LogP contribution in [0.2, 0.25) is 0 Å². The third kappa shape index (κ3) is 3.52. The van der Waals surface area contributed by atoms with E-state index in [4.69, 9.17) is 5.73 Å². The SMILES string of the molecule is Cc1c(N)cnc(NCCN2CCSCC2)c1Br. The zero-order valence-corrected chi connectivity index (χ0v) is 13.0. The number of nitrogens with zero attached hydrogens (tertiary/aromatic N) is 2. The Morgan fingerprint density at radius 2 is 2.22 bits per heavy atom. The van der Waals surface area contributed by atoms with Gasteiger partial charge in [-0.3, -0.25) is 4.90 Å². The number of nitrogens with two attached hydrogens (primary N) is 1. The molecule has 2 rings (SSSR count). The molecule has 0 spiro atoms. The molecule has 1 aliphatic heterocycles. The highest BCUT2D eigenvalue weighted by Crippen LogP contribution is 2.27. The van der Waals surface area contributed by atoms with Gasteiger partial charge in [-0.2, -0.15) is 11.8 Å². The summed E-state index contributed by atoms with van der Waals surface area (Å²) in [4.78, 5) is 6.80. The lowest BCUT2D eigenvalue weighted by Gasteiger charge is -2.26. The Bertz CT molecular complexity index is 407. The van der Waals surface area contributed by atoms with Crippen molar-refractivity contribution in [3.05, 3.63) is 16.2 Å². The van der Waals surface area contributed by atoms with Crippen molar-refractivity contribution >= 4 is 39.2 Å². The number of thioether (sulfide) groups is 1. The molecule has 1 aromatic heterocycles. The average Bonchev–Trinajstić information content (AvgIpc) is 2.40. The van der Waals surface area contributed by atoms with Crippen LogP contribution in [0.3, 0.4) is 0 Å². The van der Waals surface area contributed by atoms with Crippen molar-refractivity contribution in [2.45, 2.75) is 6.92 Å². The first kappa shape index (κ1) is 14.0. The molecule has 18 heavy (non-hydrogen) atoms. The second-order valence-electron chi connectivity index (χ2n) is 4.38. The molecule has 1 aromatic rings. The van der Waals surface area contributed by atoms with E-state index in [-0.39, 0.29) is 0 Å². The monoisotopic (exact) mass is 330 g/mol. The van der Waals surface area contributed by atoms with E-state index >= 15 is 0 Å². The van der Waals surface area contributed by atoms with Crippen molar-refractivity contribution in [2.75, 3.05) is 48.7 Å². The summed E-state index contributed by atoms with van der Waals surface area (Å²) in [5.41, 5.74) is 7.57. The van der Waals surface area contributed by atoms with Crippen molar-refractivity contribution in [2.24, 2.45) is 0 Å². The molecule has 0 atom stereocenters. The van der Waals surface area contributed by atoms with Gasteiger partial charge < -0.3 is 11.1 Å². The zero-order valence-electron chi connectivity index (χ0n) is 10.6. The number of nitrogens with one attached hydrogen (secondary N) is 1. The summed E-state index contributed by atoms with van der Waals surface area (Å²) >= 11 is 5.57. The molecule has 0 unspecified atom stereocenters. The van der Waals surface area contributed by atoms with Gasteiger partial charge in [0, 0.05) is 37.7 Å². The van der Waals surface area contributed by atoms with Crippen LogP contribution in [-0.2, 0) is 0 Å². The summed E-state index contributed by atoms with van der Waals surface area (Å²) in [6.45, 7) is 6.37. The highest BCUT2D eigenvalue weighted by Gasteiger charge is 2.11. The molecule has 2 heterocycles. The molecule has 1 fully saturated rings. The van der Waals surface area contributed by atoms with Crippen molar-refractivity contribution in [1.29, 1.82) is 0 Å². The normalized spacial score (nSPS) is 16.8. The minimum absolute atomic E-state index is 0.723. The van der Waals surface area contributed by atoms with Crippen LogP contribution < -0.4 is 11.1 Å². The van der Waals surface area contributed by atoms with Crippen LogP contribution in [0.5, 0.6) is 0 Å². The van der Waals surface area contributed by atoms with Crippen LogP contribution in [0.4, 0.5) is 11.5 Å². The van der Waals surface area contributed by atoms with Gasteiger partial charge in [0.1, 0.15) is 5.82 Å². The van der Waals surface area contributed by atoms with Crippen molar-refractivity contribution in [1.82, 2.24) is 9.88 Å². The Hall–Kier alpha value is -0.460. The Balaban J connectivity index is 1.84. The standard InChI is InChI=1S/C12H19BrN4S/c1-9-10(14)8-16-12(11(9)13)15-2-3-17-4-6-18-7-5-17/h8H,2-7,14H2,1H3,(H,15,16). The molecular formula is C12H19BrN4S. The van der Waals surface area contributed by atoms with Gasteiger partial charge in [-0.15, -0.1) is 0 Å². The lowest BCUT2D eigenvalue weighted by atomic mass is 10.2. The van der Waals surface area contributed by atoms with E-state index < -0.39 is 0 Å². The maximum Gasteiger partial charge on any atom is 0.140 e. The van der Waals surface area contributed by atoms with Gasteiger partial charge >= 0.3 is 0 Å². The van der Waals surface area contributed by atoms with Crippen LogP contribution in [0.15, 0.2) is 10.7 Å². The van der Waals surface area contributed by atoms with E-state index in [1.54, 1.807) is 6.20 Å². The van der Waals surface area contributed by atoms with Crippen LogP contribution in [0, 0.1) is 6.92 Å². The molecule has 3 N–H and O–H groups in total. The fourth-order valence-corrected chi connectivity index (χ4v) is 3.32. The molecule has 100 valence electrons. The maximum absolute atomic E-state index is 5.80. The third-order valence-electron chi connectivity index (χ3n) is 3.13. The first-order valence-electron chi connectivity index (χ1n) is 6.13. The van der Waals surface area contributed by atoms with Crippen molar-refractivity contribution < 1.29 is 0 Å². The minimum Gasteiger partial charge on any atom is -0.397 e. The molecule has 0 bridgehead atoms. The second-order valence-corrected chi connectivity index (χ2v) is 6.40. The van der Waals surface area contributed by atoms with E-state index in [1.165, 1.54) is 24.6 Å². The lowest BCUT2D eigenvalue weighted by molar-refractivity contribution is 0.314. The number of nitrogen functional groups attached to an aromatic ring is 1. The summed E-state index contributed by atoms with van der Waals surface area (Å²) in [7, 11) is 0. The number of aromatic nitrogens is 1. The molecule has 0 amide bonds. The van der Waals surface area contributed by atoms with E-state index in [9.17, 15) is 0 Å². The first-order chi connectivity index (χ1) is 8.68. The molecular weight excluding hydrogens is 312 g/mol. The smallest absolute Gasteiger partial charge is 0.140 e. The van der Waals surface area contributed by atoms with Gasteiger partial charge in [-0.25, -0.2) is 4.98 Å². The number of halogens is 1. The van der Waals surface area contributed by atoms with Gasteiger partial charge in [0.2, 0.25) is 0 Å². The van der Waals surface area contributed by atoms with Gasteiger partial charge in [-0.1, -0.05) is 0 Å². The molecule has 0 saturated carbocycles. The van der Waals surface area contributed by atoms with Crippen LogP contribution >= 0.6 is 27.7 Å². The van der Waals surface area contributed by atoms with E-state index in [0.717, 1.165) is 34.6 Å². The molecule has 1 saturated heterocycles. The van der Waals surface area contributed by atoms with E-state index in [2.05, 4.69) is 31.1 Å². The Kier molecular flexibility index (Phi) is 5.14. The molecule has 6 heteroatoms. The summed E-state index contributed by atoms with van der Waals surface area (Å²) in [6.07, 6.45) is 1.71. The Morgan fingerprint density at radius 3 is 2.94 bits per heavy atom. The molecule has 1 aliphatic rings. The average molecular weight is 331 g/mol. The van der Waals surface area contributed by atoms with Crippen LogP contribution in [0.25, 0.3) is 0 Å². The van der Waals surface area contributed by atoms with Gasteiger partial charge in [0.25, 0.3) is 0 Å². The Labute approximate surface area is 121 Å². The highest BCUT2D eigenvalue weighted by molar-refractivity contribution is 9.10. The highest BCUT2D eigenvalue weighted by atomic mass is 79.9. The lowest BCUT2D eigenvalue weighted by Crippen LogP contribution is -2.36. The first-order valence-corrected chi connectivity index (χ1v) is 8.08. The van der Waals surface area contributed by atoms with Crippen LogP contribution in [0.1, 0.15) is 5.56 Å². The number of anilines is 2. The molecule has 0 radical (unpaired) electrons. The largest absolute Gasteiger partial charge is 0.397 e. The molecule has 4 nitrogen and oxygen atoms in total. The summed E-state index contributed by atoms with van der Waals surface area (Å²) in [5.74, 6) is 3.39. The molecule has 0 aromatic carbocycles.